The highest BCUT2D eigenvalue weighted by atomic mass is 16.5. The minimum absolute atomic E-state index is 0.333. The lowest BCUT2D eigenvalue weighted by Gasteiger charge is -2.11. The molecule has 0 amide bonds. The number of carbonyl (C=O) groups is 1. The summed E-state index contributed by atoms with van der Waals surface area (Å²) in [5.74, 6) is 1.51. The van der Waals surface area contributed by atoms with Gasteiger partial charge in [-0.25, -0.2) is 4.79 Å². The van der Waals surface area contributed by atoms with Gasteiger partial charge < -0.3 is 9.47 Å². The third-order valence-electron chi connectivity index (χ3n) is 4.77. The van der Waals surface area contributed by atoms with Crippen molar-refractivity contribution in [2.45, 2.75) is 59.3 Å². The lowest BCUT2D eigenvalue weighted by atomic mass is 10.0. The zero-order chi connectivity index (χ0) is 19.5. The van der Waals surface area contributed by atoms with E-state index in [0.29, 0.717) is 23.8 Å². The van der Waals surface area contributed by atoms with E-state index in [2.05, 4.69) is 20.8 Å². The van der Waals surface area contributed by atoms with Crippen molar-refractivity contribution in [2.24, 2.45) is 5.92 Å². The fourth-order valence-corrected chi connectivity index (χ4v) is 2.69. The van der Waals surface area contributed by atoms with Crippen molar-refractivity contribution < 1.29 is 14.3 Å². The lowest BCUT2D eigenvalue weighted by Crippen LogP contribution is -2.09. The van der Waals surface area contributed by atoms with Crippen molar-refractivity contribution in [1.29, 1.82) is 0 Å². The third kappa shape index (κ3) is 7.46. The first kappa shape index (κ1) is 21.0. The predicted octanol–water partition coefficient (Wildman–Crippen LogP) is 6.45. The largest absolute Gasteiger partial charge is 0.493 e. The second-order valence-electron chi connectivity index (χ2n) is 7.19. The van der Waals surface area contributed by atoms with E-state index < -0.39 is 0 Å². The highest BCUT2D eigenvalue weighted by Crippen LogP contribution is 2.20. The molecule has 0 aliphatic carbocycles. The molecule has 0 aliphatic heterocycles. The Bertz CT molecular complexity index is 674. The minimum atomic E-state index is -0.333. The molecular weight excluding hydrogens is 336 g/mol. The zero-order valence-corrected chi connectivity index (χ0v) is 16.9. The molecule has 3 nitrogen and oxygen atoms in total. The van der Waals surface area contributed by atoms with E-state index in [-0.39, 0.29) is 5.97 Å². The maximum atomic E-state index is 12.3. The molecule has 0 fully saturated rings. The van der Waals surface area contributed by atoms with E-state index in [1.165, 1.54) is 31.2 Å². The number of carbonyl (C=O) groups excluding carboxylic acids is 1. The summed E-state index contributed by atoms with van der Waals surface area (Å²) in [5, 5.41) is 0. The molecule has 0 aromatic heterocycles. The highest BCUT2D eigenvalue weighted by Gasteiger charge is 2.09. The molecule has 0 N–H and O–H groups in total. The van der Waals surface area contributed by atoms with Gasteiger partial charge in [-0.1, -0.05) is 58.6 Å². The molecule has 0 radical (unpaired) electrons. The summed E-state index contributed by atoms with van der Waals surface area (Å²) >= 11 is 0. The second kappa shape index (κ2) is 11.4. The molecule has 146 valence electrons. The van der Waals surface area contributed by atoms with Crippen LogP contribution >= 0.6 is 0 Å². The molecule has 0 saturated heterocycles. The van der Waals surface area contributed by atoms with Gasteiger partial charge in [0.05, 0.1) is 12.2 Å². The number of esters is 1. The van der Waals surface area contributed by atoms with Gasteiger partial charge in [0.1, 0.15) is 11.5 Å². The Kier molecular flexibility index (Phi) is 8.90. The first-order valence-corrected chi connectivity index (χ1v) is 10.2. The maximum absolute atomic E-state index is 12.3. The van der Waals surface area contributed by atoms with E-state index in [4.69, 9.17) is 9.47 Å². The van der Waals surface area contributed by atoms with Crippen LogP contribution in [0.4, 0.5) is 0 Å². The van der Waals surface area contributed by atoms with Gasteiger partial charge in [-0.15, -0.1) is 0 Å². The number of benzene rings is 2. The average molecular weight is 369 g/mol. The Morgan fingerprint density at radius 3 is 2.19 bits per heavy atom. The fraction of sp³-hybridized carbons (Fsp3) is 0.458. The van der Waals surface area contributed by atoms with Gasteiger partial charge in [0.25, 0.3) is 0 Å². The topological polar surface area (TPSA) is 35.5 Å². The van der Waals surface area contributed by atoms with Crippen LogP contribution in [0.1, 0.15) is 68.8 Å². The molecule has 0 bridgehead atoms. The quantitative estimate of drug-likeness (QED) is 0.260. The van der Waals surface area contributed by atoms with Crippen LogP contribution in [-0.2, 0) is 6.42 Å². The van der Waals surface area contributed by atoms with Crippen LogP contribution in [0, 0.1) is 5.92 Å². The Hall–Kier alpha value is -2.29. The number of unbranched alkanes of at least 4 members (excludes halogenated alkanes) is 3. The summed E-state index contributed by atoms with van der Waals surface area (Å²) < 4.78 is 11.2. The molecule has 0 heterocycles. The van der Waals surface area contributed by atoms with E-state index in [1.807, 2.05) is 36.4 Å². The van der Waals surface area contributed by atoms with Crippen LogP contribution in [0.3, 0.4) is 0 Å². The Morgan fingerprint density at radius 1 is 0.889 bits per heavy atom. The third-order valence-corrected chi connectivity index (χ3v) is 4.77. The summed E-state index contributed by atoms with van der Waals surface area (Å²) in [7, 11) is 0. The van der Waals surface area contributed by atoms with E-state index in [9.17, 15) is 4.79 Å². The molecule has 2 aromatic carbocycles. The van der Waals surface area contributed by atoms with Crippen molar-refractivity contribution >= 4 is 5.97 Å². The number of hydrogen-bond acceptors (Lipinski definition) is 3. The van der Waals surface area contributed by atoms with Crippen LogP contribution in [0.15, 0.2) is 48.5 Å². The zero-order valence-electron chi connectivity index (χ0n) is 16.9. The van der Waals surface area contributed by atoms with Crippen LogP contribution in [0.5, 0.6) is 11.5 Å². The number of hydrogen-bond donors (Lipinski definition) is 0. The van der Waals surface area contributed by atoms with E-state index in [1.54, 1.807) is 12.1 Å². The summed E-state index contributed by atoms with van der Waals surface area (Å²) in [6, 6.07) is 15.0. The van der Waals surface area contributed by atoms with Crippen molar-refractivity contribution in [3.63, 3.8) is 0 Å². The monoisotopic (exact) mass is 368 g/mol. The van der Waals surface area contributed by atoms with Crippen molar-refractivity contribution in [3.8, 4) is 11.5 Å². The van der Waals surface area contributed by atoms with Gasteiger partial charge in [-0.2, -0.15) is 0 Å². The summed E-state index contributed by atoms with van der Waals surface area (Å²) in [4.78, 5) is 12.3. The lowest BCUT2D eigenvalue weighted by molar-refractivity contribution is 0.0734. The number of rotatable bonds is 11. The number of ether oxygens (including phenoxy) is 2. The van der Waals surface area contributed by atoms with Gasteiger partial charge in [0.15, 0.2) is 0 Å². The molecular formula is C24H32O3. The molecule has 0 spiro atoms. The van der Waals surface area contributed by atoms with Gasteiger partial charge in [-0.3, -0.25) is 0 Å². The normalized spacial score (nSPS) is 11.8. The van der Waals surface area contributed by atoms with Crippen LogP contribution in [0.25, 0.3) is 0 Å². The molecule has 0 saturated carbocycles. The van der Waals surface area contributed by atoms with E-state index in [0.717, 1.165) is 18.6 Å². The van der Waals surface area contributed by atoms with Gasteiger partial charge >= 0.3 is 5.97 Å². The van der Waals surface area contributed by atoms with Crippen molar-refractivity contribution in [1.82, 2.24) is 0 Å². The molecule has 2 aromatic rings. The van der Waals surface area contributed by atoms with Crippen molar-refractivity contribution in [3.05, 3.63) is 59.7 Å². The number of aryl methyl sites for hydroxylation is 1. The maximum Gasteiger partial charge on any atom is 0.343 e. The Balaban J connectivity index is 1.83. The summed E-state index contributed by atoms with van der Waals surface area (Å²) in [6.45, 7) is 7.22. The average Bonchev–Trinajstić information content (AvgIpc) is 2.71. The van der Waals surface area contributed by atoms with E-state index >= 15 is 0 Å². The van der Waals surface area contributed by atoms with Crippen LogP contribution < -0.4 is 9.47 Å². The fourth-order valence-electron chi connectivity index (χ4n) is 2.69. The minimum Gasteiger partial charge on any atom is -0.493 e. The summed E-state index contributed by atoms with van der Waals surface area (Å²) in [6.07, 6.45) is 7.14. The van der Waals surface area contributed by atoms with Gasteiger partial charge in [0.2, 0.25) is 0 Å². The Morgan fingerprint density at radius 2 is 1.56 bits per heavy atom. The molecule has 0 unspecified atom stereocenters. The molecule has 0 aliphatic rings. The van der Waals surface area contributed by atoms with Gasteiger partial charge in [-0.05, 0) is 60.7 Å². The Labute approximate surface area is 163 Å². The molecule has 27 heavy (non-hydrogen) atoms. The SMILES string of the molecule is CCCCCCc1ccc(C(=O)Oc2ccc(OC[C@@H](C)CC)cc2)cc1. The second-order valence-corrected chi connectivity index (χ2v) is 7.19. The predicted molar refractivity (Wildman–Crippen MR) is 111 cm³/mol. The summed E-state index contributed by atoms with van der Waals surface area (Å²) in [5.41, 5.74) is 1.84. The van der Waals surface area contributed by atoms with Gasteiger partial charge in [0, 0.05) is 0 Å². The van der Waals surface area contributed by atoms with Crippen molar-refractivity contribution in [2.75, 3.05) is 6.61 Å². The van der Waals surface area contributed by atoms with Crippen LogP contribution in [-0.4, -0.2) is 12.6 Å². The standard InChI is InChI=1S/C24H32O3/c1-4-6-7-8-9-20-10-12-21(13-11-20)24(25)27-23-16-14-22(15-17-23)26-18-19(3)5-2/h10-17,19H,4-9,18H2,1-3H3/t19-/m0/s1. The molecule has 2 rings (SSSR count). The molecule has 1 atom stereocenters. The highest BCUT2D eigenvalue weighted by molar-refractivity contribution is 5.91. The first-order valence-electron chi connectivity index (χ1n) is 10.2. The smallest absolute Gasteiger partial charge is 0.343 e. The van der Waals surface area contributed by atoms with Crippen LogP contribution in [0.2, 0.25) is 0 Å². The molecule has 3 heteroatoms. The first-order chi connectivity index (χ1) is 13.1.